The minimum absolute atomic E-state index is 0.280. The highest BCUT2D eigenvalue weighted by molar-refractivity contribution is 6.76. The van der Waals surface area contributed by atoms with Crippen molar-refractivity contribution >= 4 is 20.3 Å². The van der Waals surface area contributed by atoms with Crippen molar-refractivity contribution in [2.45, 2.75) is 89.5 Å². The van der Waals surface area contributed by atoms with Gasteiger partial charge in [0.15, 0.2) is 0 Å². The molecule has 25 heavy (non-hydrogen) atoms. The quantitative estimate of drug-likeness (QED) is 0.657. The van der Waals surface area contributed by atoms with Crippen molar-refractivity contribution in [1.29, 1.82) is 0 Å². The van der Waals surface area contributed by atoms with Gasteiger partial charge in [0.1, 0.15) is 11.2 Å². The molecule has 0 saturated carbocycles. The topological polar surface area (TPSA) is 99.1 Å². The molecule has 1 aliphatic heterocycles. The Labute approximate surface area is 151 Å². The first-order valence-corrected chi connectivity index (χ1v) is 12.6. The Morgan fingerprint density at radius 1 is 1.32 bits per heavy atom. The number of likely N-dealkylation sites (tertiary alicyclic amines) is 1. The molecular formula is C17H34N2O5Si. The van der Waals surface area contributed by atoms with Gasteiger partial charge in [0.2, 0.25) is 0 Å². The third kappa shape index (κ3) is 6.50. The zero-order chi connectivity index (χ0) is 19.6. The van der Waals surface area contributed by atoms with Crippen LogP contribution in [0.3, 0.4) is 0 Å². The van der Waals surface area contributed by atoms with E-state index in [2.05, 4.69) is 25.0 Å². The van der Waals surface area contributed by atoms with Crippen LogP contribution in [0.1, 0.15) is 40.5 Å². The summed E-state index contributed by atoms with van der Waals surface area (Å²) in [5, 5.41) is 23.3. The number of ether oxygens (including phenoxy) is 1. The maximum Gasteiger partial charge on any atom is 0.407 e. The standard InChI is InChI=1S/C17H34N2O5Si/c1-16(2,3)24-14(20)18-12-8-10-19(15(21)22)13(17(12,4)23)9-11-25(5,6)7/h12-13,23H,8-11H2,1-7H3,(H,18,20)(H,21,22)/t12-,13+,17+/m0/s1. The highest BCUT2D eigenvalue weighted by Crippen LogP contribution is 2.33. The number of carbonyl (C=O) groups is 2. The fourth-order valence-corrected chi connectivity index (χ4v) is 4.32. The zero-order valence-electron chi connectivity index (χ0n) is 16.5. The minimum Gasteiger partial charge on any atom is -0.465 e. The molecule has 0 unspecified atom stereocenters. The highest BCUT2D eigenvalue weighted by atomic mass is 28.3. The molecule has 2 amide bonds. The number of carbonyl (C=O) groups excluding carboxylic acids is 1. The Kier molecular flexibility index (Phi) is 6.55. The Morgan fingerprint density at radius 3 is 2.32 bits per heavy atom. The van der Waals surface area contributed by atoms with Crippen LogP contribution < -0.4 is 5.32 Å². The molecule has 1 rings (SSSR count). The monoisotopic (exact) mass is 374 g/mol. The molecule has 1 saturated heterocycles. The highest BCUT2D eigenvalue weighted by Gasteiger charge is 2.49. The lowest BCUT2D eigenvalue weighted by Crippen LogP contribution is -2.67. The van der Waals surface area contributed by atoms with Gasteiger partial charge in [-0.25, -0.2) is 9.59 Å². The fraction of sp³-hybridized carbons (Fsp3) is 0.882. The molecular weight excluding hydrogens is 340 g/mol. The van der Waals surface area contributed by atoms with Gasteiger partial charge in [0.05, 0.1) is 12.1 Å². The lowest BCUT2D eigenvalue weighted by molar-refractivity contribution is -0.0832. The third-order valence-electron chi connectivity index (χ3n) is 4.52. The Bertz CT molecular complexity index is 496. The molecule has 7 nitrogen and oxygen atoms in total. The van der Waals surface area contributed by atoms with Crippen LogP contribution >= 0.6 is 0 Å². The van der Waals surface area contributed by atoms with E-state index >= 15 is 0 Å². The van der Waals surface area contributed by atoms with E-state index in [1.807, 2.05) is 0 Å². The lowest BCUT2D eigenvalue weighted by Gasteiger charge is -2.49. The molecule has 0 aromatic carbocycles. The molecule has 1 fully saturated rings. The predicted molar refractivity (Wildman–Crippen MR) is 99.7 cm³/mol. The minimum atomic E-state index is -1.40. The summed E-state index contributed by atoms with van der Waals surface area (Å²) in [6, 6.07) is -0.202. The average molecular weight is 375 g/mol. The molecule has 3 N–H and O–H groups in total. The van der Waals surface area contributed by atoms with Crippen molar-refractivity contribution in [2.24, 2.45) is 0 Å². The zero-order valence-corrected chi connectivity index (χ0v) is 17.5. The smallest absolute Gasteiger partial charge is 0.407 e. The van der Waals surface area contributed by atoms with Crippen LogP contribution in [0.25, 0.3) is 0 Å². The average Bonchev–Trinajstić information content (AvgIpc) is 2.35. The molecule has 0 bridgehead atoms. The van der Waals surface area contributed by atoms with E-state index in [4.69, 9.17) is 4.74 Å². The van der Waals surface area contributed by atoms with E-state index in [1.54, 1.807) is 27.7 Å². The summed E-state index contributed by atoms with van der Waals surface area (Å²) in [6.45, 7) is 13.9. The van der Waals surface area contributed by atoms with Crippen LogP contribution in [0.4, 0.5) is 9.59 Å². The number of hydrogen-bond donors (Lipinski definition) is 3. The Balaban J connectivity index is 2.93. The maximum absolute atomic E-state index is 12.1. The molecule has 0 aromatic heterocycles. The first kappa shape index (κ1) is 21.8. The number of amides is 2. The van der Waals surface area contributed by atoms with E-state index in [9.17, 15) is 19.8 Å². The van der Waals surface area contributed by atoms with Crippen molar-refractivity contribution < 1.29 is 24.5 Å². The predicted octanol–water partition coefficient (Wildman–Crippen LogP) is 3.11. The summed E-state index contributed by atoms with van der Waals surface area (Å²) in [4.78, 5) is 25.0. The number of piperidine rings is 1. The van der Waals surface area contributed by atoms with Crippen LogP contribution in [-0.4, -0.2) is 65.2 Å². The van der Waals surface area contributed by atoms with Crippen LogP contribution in [0.5, 0.6) is 0 Å². The van der Waals surface area contributed by atoms with Crippen molar-refractivity contribution in [2.75, 3.05) is 6.54 Å². The number of hydrogen-bond acceptors (Lipinski definition) is 4. The number of alkyl carbamates (subject to hydrolysis) is 1. The second-order valence-corrected chi connectivity index (χ2v) is 14.9. The van der Waals surface area contributed by atoms with Gasteiger partial charge in [0.25, 0.3) is 0 Å². The van der Waals surface area contributed by atoms with Crippen LogP contribution in [0.15, 0.2) is 0 Å². The van der Waals surface area contributed by atoms with Gasteiger partial charge in [-0.05, 0) is 40.5 Å². The maximum atomic E-state index is 12.1. The van der Waals surface area contributed by atoms with Gasteiger partial charge in [-0.1, -0.05) is 25.7 Å². The second-order valence-electron chi connectivity index (χ2n) is 9.30. The van der Waals surface area contributed by atoms with Crippen molar-refractivity contribution in [3.63, 3.8) is 0 Å². The van der Waals surface area contributed by atoms with E-state index < -0.39 is 43.5 Å². The summed E-state index contributed by atoms with van der Waals surface area (Å²) in [6.07, 6.45) is -0.689. The van der Waals surface area contributed by atoms with E-state index in [1.165, 1.54) is 4.90 Å². The van der Waals surface area contributed by atoms with Crippen LogP contribution in [0.2, 0.25) is 25.7 Å². The van der Waals surface area contributed by atoms with Gasteiger partial charge in [-0.3, -0.25) is 0 Å². The molecule has 1 aliphatic rings. The SMILES string of the molecule is CC(C)(C)OC(=O)N[C@H]1CCN(C(=O)O)[C@H](CC[Si](C)(C)C)[C@]1(C)O. The summed E-state index contributed by atoms with van der Waals surface area (Å²) >= 11 is 0. The molecule has 146 valence electrons. The van der Waals surface area contributed by atoms with Crippen molar-refractivity contribution in [1.82, 2.24) is 10.2 Å². The van der Waals surface area contributed by atoms with Gasteiger partial charge in [0, 0.05) is 14.6 Å². The van der Waals surface area contributed by atoms with E-state index in [0.29, 0.717) is 12.8 Å². The van der Waals surface area contributed by atoms with Crippen molar-refractivity contribution in [3.8, 4) is 0 Å². The van der Waals surface area contributed by atoms with Crippen LogP contribution in [-0.2, 0) is 4.74 Å². The first-order chi connectivity index (χ1) is 11.1. The number of nitrogens with zero attached hydrogens (tertiary/aromatic N) is 1. The fourth-order valence-electron chi connectivity index (χ4n) is 3.18. The van der Waals surface area contributed by atoms with Gasteiger partial charge >= 0.3 is 12.2 Å². The Morgan fingerprint density at radius 2 is 1.88 bits per heavy atom. The molecule has 0 spiro atoms. The number of aliphatic hydroxyl groups is 1. The second kappa shape index (κ2) is 7.53. The van der Waals surface area contributed by atoms with Gasteiger partial charge in [-0.15, -0.1) is 0 Å². The van der Waals surface area contributed by atoms with E-state index in [0.717, 1.165) is 6.04 Å². The van der Waals surface area contributed by atoms with Crippen LogP contribution in [0, 0.1) is 0 Å². The molecule has 1 heterocycles. The first-order valence-electron chi connectivity index (χ1n) is 8.85. The summed E-state index contributed by atoms with van der Waals surface area (Å²) < 4.78 is 5.27. The Hall–Kier alpha value is -1.28. The largest absolute Gasteiger partial charge is 0.465 e. The molecule has 8 heteroatoms. The number of rotatable bonds is 4. The molecule has 0 radical (unpaired) electrons. The molecule has 0 aromatic rings. The normalized spacial score (nSPS) is 27.8. The number of carboxylic acid groups (broad SMARTS) is 1. The summed E-state index contributed by atoms with van der Waals surface area (Å²) in [5.74, 6) is 0. The van der Waals surface area contributed by atoms with Gasteiger partial charge in [-0.2, -0.15) is 0 Å². The molecule has 3 atom stereocenters. The molecule has 0 aliphatic carbocycles. The summed E-state index contributed by atoms with van der Waals surface area (Å²) in [7, 11) is -1.40. The lowest BCUT2D eigenvalue weighted by atomic mass is 9.80. The third-order valence-corrected chi connectivity index (χ3v) is 6.31. The summed E-state index contributed by atoms with van der Waals surface area (Å²) in [5.41, 5.74) is -1.98. The number of nitrogens with one attached hydrogen (secondary N) is 1. The van der Waals surface area contributed by atoms with Gasteiger partial charge < -0.3 is 25.2 Å². The van der Waals surface area contributed by atoms with E-state index in [-0.39, 0.29) is 6.54 Å². The van der Waals surface area contributed by atoms with Crippen molar-refractivity contribution in [3.05, 3.63) is 0 Å².